The molecule has 0 aliphatic rings. The van der Waals surface area contributed by atoms with Gasteiger partial charge in [-0.15, -0.1) is 0 Å². The van der Waals surface area contributed by atoms with E-state index >= 15 is 0 Å². The molecule has 0 heterocycles. The Kier molecular flexibility index (Phi) is 4.14. The highest BCUT2D eigenvalue weighted by atomic mass is 16.5. The third-order valence-electron chi connectivity index (χ3n) is 1.16. The minimum Gasteiger partial charge on any atom is -0.502 e. The van der Waals surface area contributed by atoms with Crippen molar-refractivity contribution in [1.29, 1.82) is 0 Å². The van der Waals surface area contributed by atoms with Crippen LogP contribution in [-0.2, 0) is 9.47 Å². The first-order chi connectivity index (χ1) is 4.20. The monoisotopic (exact) mass is 130 g/mol. The number of rotatable bonds is 3. The van der Waals surface area contributed by atoms with Gasteiger partial charge in [0.25, 0.3) is 0 Å². The summed E-state index contributed by atoms with van der Waals surface area (Å²) in [4.78, 5) is 0. The first-order valence-electron chi connectivity index (χ1n) is 2.96. The molecule has 0 saturated carbocycles. The molecule has 1 atom stereocenters. The lowest BCUT2D eigenvalue weighted by atomic mass is 10.3. The molecule has 0 amide bonds. The van der Waals surface area contributed by atoms with E-state index in [4.69, 9.17) is 9.47 Å². The Morgan fingerprint density at radius 3 is 2.33 bits per heavy atom. The number of allylic oxidation sites excluding steroid dienone is 1. The Morgan fingerprint density at radius 2 is 2.00 bits per heavy atom. The topological polar surface area (TPSA) is 18.5 Å². The van der Waals surface area contributed by atoms with Crippen LogP contribution in [0.15, 0.2) is 11.8 Å². The smallest absolute Gasteiger partial charge is 0.0910 e. The molecule has 0 aromatic rings. The first-order valence-corrected chi connectivity index (χ1v) is 2.96. The summed E-state index contributed by atoms with van der Waals surface area (Å²) in [5.41, 5.74) is 0. The van der Waals surface area contributed by atoms with Gasteiger partial charge in [-0.2, -0.15) is 0 Å². The van der Waals surface area contributed by atoms with Crippen LogP contribution in [0.25, 0.3) is 0 Å². The molecule has 0 aromatic heterocycles. The zero-order valence-electron chi connectivity index (χ0n) is 6.47. The second-order valence-electron chi connectivity index (χ2n) is 1.92. The molecular formula is C7H14O2. The van der Waals surface area contributed by atoms with E-state index in [0.717, 1.165) is 5.76 Å². The molecule has 0 rings (SSSR count). The number of hydrogen-bond acceptors (Lipinski definition) is 2. The third kappa shape index (κ3) is 4.03. The van der Waals surface area contributed by atoms with Gasteiger partial charge in [0.15, 0.2) is 0 Å². The quantitative estimate of drug-likeness (QED) is 0.540. The van der Waals surface area contributed by atoms with Crippen molar-refractivity contribution in [2.24, 2.45) is 0 Å². The molecule has 54 valence electrons. The largest absolute Gasteiger partial charge is 0.502 e. The zero-order chi connectivity index (χ0) is 7.28. The maximum Gasteiger partial charge on any atom is 0.0910 e. The van der Waals surface area contributed by atoms with Gasteiger partial charge in [-0.3, -0.25) is 0 Å². The van der Waals surface area contributed by atoms with E-state index in [-0.39, 0.29) is 6.10 Å². The van der Waals surface area contributed by atoms with Crippen LogP contribution in [0.5, 0.6) is 0 Å². The van der Waals surface area contributed by atoms with Gasteiger partial charge in [-0.25, -0.2) is 0 Å². The molecule has 0 fully saturated rings. The highest BCUT2D eigenvalue weighted by Gasteiger charge is 1.93. The Balaban J connectivity index is 3.64. The van der Waals surface area contributed by atoms with Gasteiger partial charge >= 0.3 is 0 Å². The van der Waals surface area contributed by atoms with Gasteiger partial charge in [0.1, 0.15) is 0 Å². The Labute approximate surface area is 56.5 Å². The van der Waals surface area contributed by atoms with Gasteiger partial charge in [-0.05, 0) is 19.9 Å². The predicted molar refractivity (Wildman–Crippen MR) is 37.2 cm³/mol. The molecule has 1 unspecified atom stereocenters. The normalized spacial score (nSPS) is 15.3. The minimum atomic E-state index is 0.143. The lowest BCUT2D eigenvalue weighted by molar-refractivity contribution is 0.150. The van der Waals surface area contributed by atoms with E-state index in [1.165, 1.54) is 0 Å². The van der Waals surface area contributed by atoms with E-state index < -0.39 is 0 Å². The van der Waals surface area contributed by atoms with E-state index in [1.807, 2.05) is 19.9 Å². The number of methoxy groups -OCH3 is 2. The number of ether oxygens (including phenoxy) is 2. The second kappa shape index (κ2) is 4.39. The molecule has 0 radical (unpaired) electrons. The second-order valence-corrected chi connectivity index (χ2v) is 1.92. The molecule has 2 nitrogen and oxygen atoms in total. The van der Waals surface area contributed by atoms with Crippen LogP contribution >= 0.6 is 0 Å². The van der Waals surface area contributed by atoms with Gasteiger partial charge < -0.3 is 9.47 Å². The molecule has 0 aliphatic carbocycles. The maximum atomic E-state index is 4.97. The number of hydrogen-bond donors (Lipinski definition) is 0. The summed E-state index contributed by atoms with van der Waals surface area (Å²) in [5.74, 6) is 0.893. The van der Waals surface area contributed by atoms with E-state index in [2.05, 4.69) is 0 Å². The molecular weight excluding hydrogens is 116 g/mol. The predicted octanol–water partition coefficient (Wildman–Crippen LogP) is 1.57. The van der Waals surface area contributed by atoms with E-state index in [9.17, 15) is 0 Å². The lowest BCUT2D eigenvalue weighted by Crippen LogP contribution is -2.00. The van der Waals surface area contributed by atoms with Crippen molar-refractivity contribution in [3.8, 4) is 0 Å². The van der Waals surface area contributed by atoms with Gasteiger partial charge in [-0.1, -0.05) is 0 Å². The van der Waals surface area contributed by atoms with Gasteiger partial charge in [0.2, 0.25) is 0 Å². The molecule has 0 saturated heterocycles. The van der Waals surface area contributed by atoms with Crippen molar-refractivity contribution in [3.05, 3.63) is 11.8 Å². The highest BCUT2D eigenvalue weighted by molar-refractivity contribution is 4.92. The maximum absolute atomic E-state index is 4.97. The average molecular weight is 130 g/mol. The van der Waals surface area contributed by atoms with E-state index in [1.54, 1.807) is 14.2 Å². The molecule has 0 N–H and O–H groups in total. The summed E-state index contributed by atoms with van der Waals surface area (Å²) in [6, 6.07) is 0. The SMILES string of the molecule is COC(C)=CC(C)OC. The van der Waals surface area contributed by atoms with Crippen LogP contribution in [0.1, 0.15) is 13.8 Å². The van der Waals surface area contributed by atoms with Crippen LogP contribution in [-0.4, -0.2) is 20.3 Å². The van der Waals surface area contributed by atoms with Gasteiger partial charge in [0, 0.05) is 7.11 Å². The Morgan fingerprint density at radius 1 is 1.44 bits per heavy atom. The summed E-state index contributed by atoms with van der Waals surface area (Å²) in [5, 5.41) is 0. The summed E-state index contributed by atoms with van der Waals surface area (Å²) in [6.07, 6.45) is 2.06. The Hall–Kier alpha value is -0.500. The van der Waals surface area contributed by atoms with Crippen LogP contribution in [0.2, 0.25) is 0 Å². The highest BCUT2D eigenvalue weighted by Crippen LogP contribution is 1.97. The zero-order valence-corrected chi connectivity index (χ0v) is 6.47. The fourth-order valence-corrected chi connectivity index (χ4v) is 0.467. The fraction of sp³-hybridized carbons (Fsp3) is 0.714. The molecule has 9 heavy (non-hydrogen) atoms. The van der Waals surface area contributed by atoms with Crippen LogP contribution in [0, 0.1) is 0 Å². The van der Waals surface area contributed by atoms with Crippen molar-refractivity contribution in [1.82, 2.24) is 0 Å². The van der Waals surface area contributed by atoms with Crippen molar-refractivity contribution >= 4 is 0 Å². The van der Waals surface area contributed by atoms with Crippen molar-refractivity contribution in [3.63, 3.8) is 0 Å². The summed E-state index contributed by atoms with van der Waals surface area (Å²) < 4.78 is 9.87. The first kappa shape index (κ1) is 8.50. The average Bonchev–Trinajstić information content (AvgIpc) is 1.87. The fourth-order valence-electron chi connectivity index (χ4n) is 0.467. The van der Waals surface area contributed by atoms with Crippen LogP contribution in [0.4, 0.5) is 0 Å². The summed E-state index contributed by atoms with van der Waals surface area (Å²) >= 11 is 0. The van der Waals surface area contributed by atoms with Gasteiger partial charge in [0.05, 0.1) is 19.0 Å². The summed E-state index contributed by atoms with van der Waals surface area (Å²) in [6.45, 7) is 3.86. The third-order valence-corrected chi connectivity index (χ3v) is 1.16. The lowest BCUT2D eigenvalue weighted by Gasteiger charge is -2.04. The minimum absolute atomic E-state index is 0.143. The van der Waals surface area contributed by atoms with Crippen molar-refractivity contribution in [2.75, 3.05) is 14.2 Å². The van der Waals surface area contributed by atoms with Crippen LogP contribution < -0.4 is 0 Å². The standard InChI is InChI=1S/C7H14O2/c1-6(8-3)5-7(2)9-4/h5-6H,1-4H3. The summed E-state index contributed by atoms with van der Waals surface area (Å²) in [7, 11) is 3.32. The van der Waals surface area contributed by atoms with E-state index in [0.29, 0.717) is 0 Å². The molecule has 0 bridgehead atoms. The van der Waals surface area contributed by atoms with Crippen molar-refractivity contribution in [2.45, 2.75) is 20.0 Å². The molecule has 0 aromatic carbocycles. The van der Waals surface area contributed by atoms with Crippen LogP contribution in [0.3, 0.4) is 0 Å². The molecule has 2 heteroatoms. The Bertz CT molecular complexity index is 97.1. The molecule has 0 spiro atoms. The van der Waals surface area contributed by atoms with Crippen molar-refractivity contribution < 1.29 is 9.47 Å². The molecule has 0 aliphatic heterocycles.